The summed E-state index contributed by atoms with van der Waals surface area (Å²) in [5.41, 5.74) is 2.49. The number of fused-ring (bicyclic) bond motifs is 1. The normalized spacial score (nSPS) is 18.1. The van der Waals surface area contributed by atoms with Crippen LogP contribution >= 0.6 is 11.3 Å². The van der Waals surface area contributed by atoms with E-state index in [0.717, 1.165) is 40.8 Å². The van der Waals surface area contributed by atoms with Gasteiger partial charge in [0.1, 0.15) is 11.6 Å². The number of rotatable bonds is 7. The number of carbonyl (C=O) groups is 2. The highest BCUT2D eigenvalue weighted by atomic mass is 32.2. The molecule has 2 fully saturated rings. The van der Waals surface area contributed by atoms with Crippen molar-refractivity contribution in [3.8, 4) is 10.4 Å². The number of aromatic nitrogens is 2. The van der Waals surface area contributed by atoms with Crippen molar-refractivity contribution in [3.05, 3.63) is 47.2 Å². The molecule has 10 nitrogen and oxygen atoms in total. The van der Waals surface area contributed by atoms with Gasteiger partial charge in [-0.15, -0.1) is 0 Å². The van der Waals surface area contributed by atoms with E-state index in [1.165, 1.54) is 11.3 Å². The highest BCUT2D eigenvalue weighted by Crippen LogP contribution is 2.42. The molecule has 0 unspecified atom stereocenters. The van der Waals surface area contributed by atoms with Crippen LogP contribution in [-0.2, 0) is 16.4 Å². The molecule has 6 rings (SSSR count). The largest absolute Gasteiger partial charge is 0.336 e. The highest BCUT2D eigenvalue weighted by molar-refractivity contribution is 7.90. The summed E-state index contributed by atoms with van der Waals surface area (Å²) in [7, 11) is -3.64. The molecule has 1 aromatic carbocycles. The number of nitrogens with zero attached hydrogens (tertiary/aromatic N) is 4. The van der Waals surface area contributed by atoms with E-state index in [1.807, 2.05) is 30.9 Å². The number of pyridine rings is 1. The standard InChI is InChI=1S/C26H28N6O4S2/c1-14-23(37-25(28-14)30-20-5-4-6-21(29-20)31-10-9-27-26(31)34)17-11-18-13-32(15(2)16-7-8-16)24(33)22(18)19(12-17)38(3,35)36/h4-6,11-12,15-16H,7-10,13H2,1-3H3,(H,27,34)(H,28,29,30)/t15-/m0/s1. The third-order valence-corrected chi connectivity index (χ3v) is 9.60. The minimum atomic E-state index is -3.64. The van der Waals surface area contributed by atoms with Gasteiger partial charge in [0.05, 0.1) is 21.0 Å². The molecule has 38 heavy (non-hydrogen) atoms. The summed E-state index contributed by atoms with van der Waals surface area (Å²) in [6, 6.07) is 8.84. The molecular formula is C26H28N6O4S2. The van der Waals surface area contributed by atoms with Crippen molar-refractivity contribution in [3.63, 3.8) is 0 Å². The molecule has 0 bridgehead atoms. The van der Waals surface area contributed by atoms with E-state index >= 15 is 0 Å². The van der Waals surface area contributed by atoms with Crippen LogP contribution < -0.4 is 15.5 Å². The molecule has 198 valence electrons. The van der Waals surface area contributed by atoms with E-state index in [1.54, 1.807) is 23.1 Å². The minimum absolute atomic E-state index is 0.0704. The number of anilines is 3. The molecular weight excluding hydrogens is 524 g/mol. The zero-order valence-electron chi connectivity index (χ0n) is 21.3. The van der Waals surface area contributed by atoms with Gasteiger partial charge in [-0.25, -0.2) is 23.2 Å². The lowest BCUT2D eigenvalue weighted by atomic mass is 10.0. The van der Waals surface area contributed by atoms with Gasteiger partial charge in [-0.1, -0.05) is 17.4 Å². The third kappa shape index (κ3) is 4.41. The molecule has 2 aliphatic heterocycles. The van der Waals surface area contributed by atoms with Gasteiger partial charge >= 0.3 is 6.03 Å². The molecule has 1 aliphatic carbocycles. The van der Waals surface area contributed by atoms with Gasteiger partial charge in [0.25, 0.3) is 5.91 Å². The van der Waals surface area contributed by atoms with E-state index in [4.69, 9.17) is 0 Å². The Balaban J connectivity index is 1.33. The molecule has 1 saturated carbocycles. The van der Waals surface area contributed by atoms with E-state index < -0.39 is 9.84 Å². The van der Waals surface area contributed by atoms with Gasteiger partial charge in [-0.3, -0.25) is 9.69 Å². The Morgan fingerprint density at radius 1 is 1.18 bits per heavy atom. The summed E-state index contributed by atoms with van der Waals surface area (Å²) in [6.45, 7) is 5.46. The van der Waals surface area contributed by atoms with E-state index in [0.29, 0.717) is 47.9 Å². The summed E-state index contributed by atoms with van der Waals surface area (Å²) in [4.78, 5) is 38.8. The van der Waals surface area contributed by atoms with Crippen LogP contribution in [0.25, 0.3) is 10.4 Å². The first-order chi connectivity index (χ1) is 18.1. The Morgan fingerprint density at radius 3 is 2.66 bits per heavy atom. The number of benzene rings is 1. The van der Waals surface area contributed by atoms with Crippen molar-refractivity contribution in [2.75, 3.05) is 29.6 Å². The number of aryl methyl sites for hydroxylation is 1. The fraction of sp³-hybridized carbons (Fsp3) is 0.385. The van der Waals surface area contributed by atoms with E-state index in [9.17, 15) is 18.0 Å². The van der Waals surface area contributed by atoms with E-state index in [-0.39, 0.29) is 22.9 Å². The van der Waals surface area contributed by atoms with E-state index in [2.05, 4.69) is 20.6 Å². The predicted molar refractivity (Wildman–Crippen MR) is 146 cm³/mol. The SMILES string of the molecule is Cc1nc(Nc2cccc(N3CCNC3=O)n2)sc1-c1cc2c(c(S(C)(=O)=O)c1)C(=O)N([C@@H](C)C1CC1)C2. The van der Waals surface area contributed by atoms with Gasteiger partial charge in [0, 0.05) is 31.9 Å². The first-order valence-corrected chi connectivity index (χ1v) is 15.3. The highest BCUT2D eigenvalue weighted by Gasteiger charge is 2.41. The van der Waals surface area contributed by atoms with Crippen molar-refractivity contribution in [2.45, 2.75) is 44.2 Å². The number of amides is 3. The molecule has 2 N–H and O–H groups in total. The van der Waals surface area contributed by atoms with Crippen LogP contribution in [0.4, 0.5) is 21.6 Å². The van der Waals surface area contributed by atoms with Crippen LogP contribution in [0.15, 0.2) is 35.2 Å². The Kier molecular flexibility index (Phi) is 5.91. The minimum Gasteiger partial charge on any atom is -0.336 e. The van der Waals surface area contributed by atoms with Crippen LogP contribution in [-0.4, -0.2) is 60.6 Å². The number of carbonyl (C=O) groups excluding carboxylic acids is 2. The van der Waals surface area contributed by atoms with Crippen LogP contribution in [0.5, 0.6) is 0 Å². The molecule has 3 aliphatic rings. The second kappa shape index (κ2) is 9.05. The van der Waals surface area contributed by atoms with Gasteiger partial charge in [-0.2, -0.15) is 0 Å². The van der Waals surface area contributed by atoms with Gasteiger partial charge in [0.15, 0.2) is 15.0 Å². The van der Waals surface area contributed by atoms with Crippen molar-refractivity contribution in [1.82, 2.24) is 20.2 Å². The van der Waals surface area contributed by atoms with Crippen molar-refractivity contribution >= 4 is 49.9 Å². The summed E-state index contributed by atoms with van der Waals surface area (Å²) in [5.74, 6) is 1.37. The average Bonchev–Trinajstić information content (AvgIpc) is 3.41. The first kappa shape index (κ1) is 24.8. The summed E-state index contributed by atoms with van der Waals surface area (Å²) in [6.07, 6.45) is 3.35. The molecule has 1 saturated heterocycles. The Hall–Kier alpha value is -3.51. The smallest absolute Gasteiger partial charge is 0.323 e. The summed E-state index contributed by atoms with van der Waals surface area (Å²) < 4.78 is 25.6. The second-order valence-electron chi connectivity index (χ2n) is 10.1. The molecule has 3 aromatic rings. The fourth-order valence-electron chi connectivity index (χ4n) is 5.19. The number of thiazole rings is 1. The number of hydrogen-bond donors (Lipinski definition) is 2. The van der Waals surface area contributed by atoms with Crippen LogP contribution in [0.3, 0.4) is 0 Å². The maximum atomic E-state index is 13.3. The van der Waals surface area contributed by atoms with Crippen LogP contribution in [0.1, 0.15) is 41.4 Å². The summed E-state index contributed by atoms with van der Waals surface area (Å²) in [5, 5.41) is 6.58. The van der Waals surface area contributed by atoms with Crippen molar-refractivity contribution in [2.24, 2.45) is 5.92 Å². The molecule has 2 aromatic heterocycles. The van der Waals surface area contributed by atoms with Crippen LogP contribution in [0.2, 0.25) is 0 Å². The van der Waals surface area contributed by atoms with Gasteiger partial charge < -0.3 is 15.5 Å². The second-order valence-corrected chi connectivity index (χ2v) is 13.1. The fourth-order valence-corrected chi connectivity index (χ4v) is 7.08. The Morgan fingerprint density at radius 2 is 1.97 bits per heavy atom. The summed E-state index contributed by atoms with van der Waals surface area (Å²) >= 11 is 1.39. The average molecular weight is 553 g/mol. The monoisotopic (exact) mass is 552 g/mol. The zero-order chi connectivity index (χ0) is 26.8. The van der Waals surface area contributed by atoms with Crippen molar-refractivity contribution in [1.29, 1.82) is 0 Å². The predicted octanol–water partition coefficient (Wildman–Crippen LogP) is 3.94. The van der Waals surface area contributed by atoms with Gasteiger partial charge in [-0.05, 0) is 68.0 Å². The molecule has 3 amide bonds. The molecule has 0 radical (unpaired) electrons. The van der Waals surface area contributed by atoms with Crippen LogP contribution in [0, 0.1) is 12.8 Å². The number of hydrogen-bond acceptors (Lipinski definition) is 8. The first-order valence-electron chi connectivity index (χ1n) is 12.6. The maximum absolute atomic E-state index is 13.3. The number of sulfone groups is 1. The quantitative estimate of drug-likeness (QED) is 0.455. The third-order valence-electron chi connectivity index (χ3n) is 7.36. The number of nitrogens with one attached hydrogen (secondary N) is 2. The van der Waals surface area contributed by atoms with Crippen molar-refractivity contribution < 1.29 is 18.0 Å². The molecule has 1 atom stereocenters. The molecule has 4 heterocycles. The lowest BCUT2D eigenvalue weighted by Crippen LogP contribution is -2.35. The zero-order valence-corrected chi connectivity index (χ0v) is 22.9. The van der Waals surface area contributed by atoms with Gasteiger partial charge in [0.2, 0.25) is 0 Å². The topological polar surface area (TPSA) is 125 Å². The maximum Gasteiger partial charge on any atom is 0.323 e. The Bertz CT molecular complexity index is 1580. The lowest BCUT2D eigenvalue weighted by molar-refractivity contribution is 0.0694. The Labute approximate surface area is 225 Å². The molecule has 0 spiro atoms. The number of urea groups is 1. The molecule has 12 heteroatoms. The lowest BCUT2D eigenvalue weighted by Gasteiger charge is -2.24.